The fourth-order valence-corrected chi connectivity index (χ4v) is 4.12. The number of rotatable bonds is 7. The topological polar surface area (TPSA) is 49.4 Å². The number of amides is 2. The van der Waals surface area contributed by atoms with Gasteiger partial charge in [-0.1, -0.05) is 67.3 Å². The molecule has 3 rings (SSSR count). The molecule has 4 nitrogen and oxygen atoms in total. The summed E-state index contributed by atoms with van der Waals surface area (Å²) in [6.45, 7) is 2.15. The quantitative estimate of drug-likeness (QED) is 0.635. The Morgan fingerprint density at radius 3 is 2.40 bits per heavy atom. The van der Waals surface area contributed by atoms with Crippen LogP contribution in [0.25, 0.3) is 0 Å². The minimum atomic E-state index is -1.08. The minimum Gasteiger partial charge on any atom is -0.351 e. The summed E-state index contributed by atoms with van der Waals surface area (Å²) in [6, 6.07) is 12.8. The molecule has 0 bridgehead atoms. The first-order valence-electron chi connectivity index (χ1n) is 10.5. The smallest absolute Gasteiger partial charge is 0.247 e. The van der Waals surface area contributed by atoms with E-state index in [4.69, 9.17) is 11.6 Å². The van der Waals surface area contributed by atoms with Crippen LogP contribution in [0, 0.1) is 12.7 Å². The molecular weight excluding hydrogens is 403 g/mol. The highest BCUT2D eigenvalue weighted by Gasteiger charge is 2.34. The maximum Gasteiger partial charge on any atom is 0.247 e. The molecule has 2 aromatic carbocycles. The summed E-state index contributed by atoms with van der Waals surface area (Å²) in [6.07, 6.45) is 5.08. The molecule has 1 atom stereocenters. The van der Waals surface area contributed by atoms with Gasteiger partial charge in [-0.05, 0) is 31.4 Å². The molecule has 0 aliphatic heterocycles. The molecule has 0 aromatic heterocycles. The van der Waals surface area contributed by atoms with E-state index < -0.39 is 17.8 Å². The Hall–Kier alpha value is -2.40. The van der Waals surface area contributed by atoms with E-state index in [-0.39, 0.29) is 29.9 Å². The van der Waals surface area contributed by atoms with Gasteiger partial charge in [-0.25, -0.2) is 4.39 Å². The molecule has 2 aromatic rings. The lowest BCUT2D eigenvalue weighted by Crippen LogP contribution is -2.47. The second kappa shape index (κ2) is 10.6. The Balaban J connectivity index is 1.95. The predicted molar refractivity (Wildman–Crippen MR) is 117 cm³/mol. The number of hydrogen-bond acceptors (Lipinski definition) is 2. The van der Waals surface area contributed by atoms with Crippen LogP contribution in [0.5, 0.6) is 0 Å². The van der Waals surface area contributed by atoms with E-state index in [2.05, 4.69) is 5.32 Å². The van der Waals surface area contributed by atoms with E-state index in [0.29, 0.717) is 0 Å². The summed E-state index contributed by atoms with van der Waals surface area (Å²) in [4.78, 5) is 27.5. The fraction of sp³-hybridized carbons (Fsp3) is 0.417. The Kier molecular flexibility index (Phi) is 7.86. The zero-order valence-corrected chi connectivity index (χ0v) is 18.0. The molecule has 1 fully saturated rings. The van der Waals surface area contributed by atoms with Crippen molar-refractivity contribution < 1.29 is 14.0 Å². The van der Waals surface area contributed by atoms with Crippen molar-refractivity contribution in [2.45, 2.75) is 57.7 Å². The van der Waals surface area contributed by atoms with Crippen LogP contribution >= 0.6 is 11.6 Å². The summed E-state index contributed by atoms with van der Waals surface area (Å²) in [5, 5.41) is 3.06. The molecule has 6 heteroatoms. The van der Waals surface area contributed by atoms with Crippen LogP contribution in [0.3, 0.4) is 0 Å². The molecule has 2 amide bonds. The number of aryl methyl sites for hydroxylation is 1. The highest BCUT2D eigenvalue weighted by Crippen LogP contribution is 2.28. The van der Waals surface area contributed by atoms with E-state index >= 15 is 0 Å². The number of halogens is 2. The third kappa shape index (κ3) is 5.60. The van der Waals surface area contributed by atoms with Crippen LogP contribution in [0.1, 0.15) is 54.8 Å². The molecule has 0 radical (unpaired) electrons. The highest BCUT2D eigenvalue weighted by molar-refractivity contribution is 6.27. The molecule has 0 saturated heterocycles. The number of carbonyl (C=O) groups is 2. The standard InChI is InChI=1S/C24H28ClFN2O2/c1-17-11-13-18(14-12-17)16-28(22(29)15-25)23(20-9-5-6-10-21(20)26)24(30)27-19-7-3-2-4-8-19/h5-6,9-14,19,23H,2-4,7-8,15-16H2,1H3,(H,27,30)/t23-/m0/s1. The molecule has 160 valence electrons. The van der Waals surface area contributed by atoms with Crippen LogP contribution in [0.15, 0.2) is 48.5 Å². The van der Waals surface area contributed by atoms with Gasteiger partial charge in [0, 0.05) is 18.2 Å². The summed E-state index contributed by atoms with van der Waals surface area (Å²) in [7, 11) is 0. The van der Waals surface area contributed by atoms with Crippen molar-refractivity contribution in [3.05, 3.63) is 71.0 Å². The second-order valence-electron chi connectivity index (χ2n) is 7.91. The maximum atomic E-state index is 14.7. The third-order valence-corrected chi connectivity index (χ3v) is 5.85. The predicted octanol–water partition coefficient (Wildman–Crippen LogP) is 4.89. The monoisotopic (exact) mass is 430 g/mol. The Bertz CT molecular complexity index is 866. The van der Waals surface area contributed by atoms with Crippen LogP contribution in [-0.2, 0) is 16.1 Å². The third-order valence-electron chi connectivity index (χ3n) is 5.62. The SMILES string of the molecule is Cc1ccc(CN(C(=O)CCl)[C@H](C(=O)NC2CCCCC2)c2ccccc2F)cc1. The lowest BCUT2D eigenvalue weighted by Gasteiger charge is -2.33. The number of nitrogens with zero attached hydrogens (tertiary/aromatic N) is 1. The van der Waals surface area contributed by atoms with Crippen LogP contribution in [-0.4, -0.2) is 28.6 Å². The molecule has 1 saturated carbocycles. The molecule has 0 unspecified atom stereocenters. The average molecular weight is 431 g/mol. The Labute approximate surface area is 182 Å². The lowest BCUT2D eigenvalue weighted by molar-refractivity contribution is -0.140. The van der Waals surface area contributed by atoms with Gasteiger partial charge < -0.3 is 10.2 Å². The number of nitrogens with one attached hydrogen (secondary N) is 1. The Morgan fingerprint density at radius 2 is 1.77 bits per heavy atom. The van der Waals surface area contributed by atoms with Crippen molar-refractivity contribution in [3.8, 4) is 0 Å². The summed E-state index contributed by atoms with van der Waals surface area (Å²) >= 11 is 5.89. The van der Waals surface area contributed by atoms with Crippen molar-refractivity contribution in [1.82, 2.24) is 10.2 Å². The van der Waals surface area contributed by atoms with Gasteiger partial charge in [-0.3, -0.25) is 9.59 Å². The van der Waals surface area contributed by atoms with E-state index in [9.17, 15) is 14.0 Å². The van der Waals surface area contributed by atoms with Gasteiger partial charge in [-0.2, -0.15) is 0 Å². The zero-order chi connectivity index (χ0) is 21.5. The first-order valence-corrected chi connectivity index (χ1v) is 11.0. The molecule has 1 aliphatic carbocycles. The zero-order valence-electron chi connectivity index (χ0n) is 17.2. The van der Waals surface area contributed by atoms with Crippen LogP contribution in [0.2, 0.25) is 0 Å². The largest absolute Gasteiger partial charge is 0.351 e. The lowest BCUT2D eigenvalue weighted by atomic mass is 9.94. The van der Waals surface area contributed by atoms with Gasteiger partial charge in [0.2, 0.25) is 11.8 Å². The van der Waals surface area contributed by atoms with E-state index in [1.54, 1.807) is 18.2 Å². The normalized spacial score (nSPS) is 15.4. The fourth-order valence-electron chi connectivity index (χ4n) is 3.96. The number of carbonyl (C=O) groups excluding carboxylic acids is 2. The van der Waals surface area contributed by atoms with Crippen molar-refractivity contribution in [1.29, 1.82) is 0 Å². The van der Waals surface area contributed by atoms with Crippen molar-refractivity contribution in [2.24, 2.45) is 0 Å². The van der Waals surface area contributed by atoms with E-state index in [1.165, 1.54) is 11.0 Å². The molecule has 0 spiro atoms. The number of benzene rings is 2. The van der Waals surface area contributed by atoms with Crippen molar-refractivity contribution >= 4 is 23.4 Å². The Morgan fingerprint density at radius 1 is 1.10 bits per heavy atom. The van der Waals surface area contributed by atoms with Crippen molar-refractivity contribution in [3.63, 3.8) is 0 Å². The highest BCUT2D eigenvalue weighted by atomic mass is 35.5. The minimum absolute atomic E-state index is 0.0489. The second-order valence-corrected chi connectivity index (χ2v) is 8.18. The average Bonchev–Trinajstić information content (AvgIpc) is 2.76. The van der Waals surface area contributed by atoms with Crippen LogP contribution < -0.4 is 5.32 Å². The van der Waals surface area contributed by atoms with Crippen LogP contribution in [0.4, 0.5) is 4.39 Å². The van der Waals surface area contributed by atoms with Gasteiger partial charge in [0.25, 0.3) is 0 Å². The molecular formula is C24H28ClFN2O2. The van der Waals surface area contributed by atoms with Gasteiger partial charge in [0.05, 0.1) is 0 Å². The number of alkyl halides is 1. The first-order chi connectivity index (χ1) is 14.5. The van der Waals surface area contributed by atoms with Gasteiger partial charge in [-0.15, -0.1) is 11.6 Å². The summed E-state index contributed by atoms with van der Waals surface area (Å²) in [5.74, 6) is -1.58. The molecule has 0 heterocycles. The first kappa shape index (κ1) is 22.3. The maximum absolute atomic E-state index is 14.7. The summed E-state index contributed by atoms with van der Waals surface area (Å²) < 4.78 is 14.7. The number of hydrogen-bond donors (Lipinski definition) is 1. The van der Waals surface area contributed by atoms with Gasteiger partial charge in [0.1, 0.15) is 17.7 Å². The van der Waals surface area contributed by atoms with E-state index in [1.807, 2.05) is 31.2 Å². The molecule has 1 aliphatic rings. The summed E-state index contributed by atoms with van der Waals surface area (Å²) in [5.41, 5.74) is 2.12. The van der Waals surface area contributed by atoms with Gasteiger partial charge >= 0.3 is 0 Å². The molecule has 1 N–H and O–H groups in total. The van der Waals surface area contributed by atoms with Crippen molar-refractivity contribution in [2.75, 3.05) is 5.88 Å². The van der Waals surface area contributed by atoms with E-state index in [0.717, 1.165) is 43.2 Å². The van der Waals surface area contributed by atoms with Gasteiger partial charge in [0.15, 0.2) is 0 Å². The molecule has 30 heavy (non-hydrogen) atoms.